The first kappa shape index (κ1) is 18.3. The third-order valence-corrected chi connectivity index (χ3v) is 7.07. The van der Waals surface area contributed by atoms with Crippen LogP contribution < -0.4 is 10.0 Å². The van der Waals surface area contributed by atoms with Gasteiger partial charge < -0.3 is 5.32 Å². The van der Waals surface area contributed by atoms with E-state index in [-0.39, 0.29) is 5.41 Å². The van der Waals surface area contributed by atoms with Crippen LogP contribution in [0.5, 0.6) is 0 Å². The van der Waals surface area contributed by atoms with E-state index in [0.717, 1.165) is 46.2 Å². The minimum Gasteiger partial charge on any atom is -0.369 e. The van der Waals surface area contributed by atoms with Gasteiger partial charge in [-0.1, -0.05) is 35.9 Å². The van der Waals surface area contributed by atoms with Gasteiger partial charge in [-0.3, -0.25) is 4.72 Å². The quantitative estimate of drug-likeness (QED) is 0.763. The highest BCUT2D eigenvalue weighted by atomic mass is 35.5. The Hall–Kier alpha value is -2.09. The molecule has 0 atom stereocenters. The van der Waals surface area contributed by atoms with Crippen molar-refractivity contribution in [1.29, 1.82) is 0 Å². The third kappa shape index (κ3) is 3.09. The predicted molar refractivity (Wildman–Crippen MR) is 109 cm³/mol. The molecule has 1 aromatic carbocycles. The second kappa shape index (κ2) is 6.51. The van der Waals surface area contributed by atoms with Crippen LogP contribution in [0.25, 0.3) is 11.1 Å². The maximum Gasteiger partial charge on any atom is 0.301 e. The molecular weight excluding hydrogens is 384 g/mol. The van der Waals surface area contributed by atoms with E-state index in [0.29, 0.717) is 10.7 Å². The molecular formula is C19H21ClN4O2S. The SMILES string of the molecule is CN(C)S(=O)(=O)Nc1cccc(-c2cnc3c(c2Cl)C2(CC=CC2)CN3)c1. The lowest BCUT2D eigenvalue weighted by Crippen LogP contribution is -2.28. The molecule has 2 aliphatic rings. The van der Waals surface area contributed by atoms with Gasteiger partial charge in [0, 0.05) is 43.4 Å². The number of halogens is 1. The molecule has 0 amide bonds. The minimum absolute atomic E-state index is 0.0282. The van der Waals surface area contributed by atoms with Gasteiger partial charge in [-0.15, -0.1) is 0 Å². The molecule has 0 saturated heterocycles. The van der Waals surface area contributed by atoms with Gasteiger partial charge >= 0.3 is 10.2 Å². The second-order valence-electron chi connectivity index (χ2n) is 7.19. The average Bonchev–Trinajstić information content (AvgIpc) is 3.24. The number of anilines is 2. The molecule has 1 aromatic heterocycles. The normalized spacial score (nSPS) is 17.3. The lowest BCUT2D eigenvalue weighted by atomic mass is 9.80. The summed E-state index contributed by atoms with van der Waals surface area (Å²) in [5.41, 5.74) is 3.14. The van der Waals surface area contributed by atoms with Gasteiger partial charge in [0.15, 0.2) is 0 Å². The first-order chi connectivity index (χ1) is 12.8. The fourth-order valence-corrected chi connectivity index (χ4v) is 4.74. The smallest absolute Gasteiger partial charge is 0.301 e. The highest BCUT2D eigenvalue weighted by molar-refractivity contribution is 7.90. The van der Waals surface area contributed by atoms with Gasteiger partial charge in [-0.2, -0.15) is 12.7 Å². The molecule has 0 unspecified atom stereocenters. The molecule has 2 heterocycles. The molecule has 27 heavy (non-hydrogen) atoms. The van der Waals surface area contributed by atoms with Crippen LogP contribution in [-0.2, 0) is 15.6 Å². The van der Waals surface area contributed by atoms with E-state index in [2.05, 4.69) is 27.2 Å². The van der Waals surface area contributed by atoms with Crippen molar-refractivity contribution in [3.8, 4) is 11.1 Å². The molecule has 1 aliphatic heterocycles. The summed E-state index contributed by atoms with van der Waals surface area (Å²) in [5, 5.41) is 4.06. The number of hydrogen-bond donors (Lipinski definition) is 2. The Bertz CT molecular complexity index is 1030. The molecule has 2 N–H and O–H groups in total. The number of hydrogen-bond acceptors (Lipinski definition) is 4. The van der Waals surface area contributed by atoms with Crippen molar-refractivity contribution >= 4 is 33.3 Å². The van der Waals surface area contributed by atoms with E-state index < -0.39 is 10.2 Å². The average molecular weight is 405 g/mol. The van der Waals surface area contributed by atoms with E-state index >= 15 is 0 Å². The van der Waals surface area contributed by atoms with Crippen molar-refractivity contribution < 1.29 is 8.42 Å². The summed E-state index contributed by atoms with van der Waals surface area (Å²) in [5.74, 6) is 0.844. The van der Waals surface area contributed by atoms with Gasteiger partial charge in [-0.25, -0.2) is 4.98 Å². The van der Waals surface area contributed by atoms with Crippen molar-refractivity contribution in [3.63, 3.8) is 0 Å². The standard InChI is InChI=1S/C19H21ClN4O2S/c1-24(2)27(25,26)23-14-7-5-6-13(10-14)15-11-21-18-16(17(15)20)19(12-22-18)8-3-4-9-19/h3-7,10-11,23H,8-9,12H2,1-2H3,(H,21,22). The van der Waals surface area contributed by atoms with Gasteiger partial charge in [-0.05, 0) is 30.5 Å². The summed E-state index contributed by atoms with van der Waals surface area (Å²) in [6.07, 6.45) is 8.02. The predicted octanol–water partition coefficient (Wildman–Crippen LogP) is 3.63. The summed E-state index contributed by atoms with van der Waals surface area (Å²) in [6, 6.07) is 7.20. The van der Waals surface area contributed by atoms with Crippen LogP contribution in [0.15, 0.2) is 42.6 Å². The van der Waals surface area contributed by atoms with Crippen LogP contribution in [0.2, 0.25) is 5.02 Å². The Kier molecular flexibility index (Phi) is 4.41. The summed E-state index contributed by atoms with van der Waals surface area (Å²) < 4.78 is 27.9. The molecule has 0 saturated carbocycles. The first-order valence-corrected chi connectivity index (χ1v) is 10.5. The number of allylic oxidation sites excluding steroid dienone is 2. The Morgan fingerprint density at radius 3 is 2.70 bits per heavy atom. The highest BCUT2D eigenvalue weighted by Crippen LogP contribution is 2.49. The molecule has 1 aliphatic carbocycles. The summed E-state index contributed by atoms with van der Waals surface area (Å²) in [4.78, 5) is 4.58. The van der Waals surface area contributed by atoms with Gasteiger partial charge in [0.25, 0.3) is 0 Å². The lowest BCUT2D eigenvalue weighted by molar-refractivity contribution is 0.509. The number of pyridine rings is 1. The summed E-state index contributed by atoms with van der Waals surface area (Å²) in [6.45, 7) is 0.828. The van der Waals surface area contributed by atoms with E-state index in [1.165, 1.54) is 14.1 Å². The molecule has 0 radical (unpaired) electrons. The van der Waals surface area contributed by atoms with Crippen molar-refractivity contribution in [2.24, 2.45) is 0 Å². The molecule has 142 valence electrons. The van der Waals surface area contributed by atoms with Crippen molar-refractivity contribution in [1.82, 2.24) is 9.29 Å². The van der Waals surface area contributed by atoms with E-state index in [1.54, 1.807) is 24.4 Å². The number of aromatic nitrogens is 1. The second-order valence-corrected chi connectivity index (χ2v) is 9.46. The minimum atomic E-state index is -3.57. The summed E-state index contributed by atoms with van der Waals surface area (Å²) >= 11 is 6.84. The largest absolute Gasteiger partial charge is 0.369 e. The maximum absolute atomic E-state index is 12.1. The molecule has 6 nitrogen and oxygen atoms in total. The van der Waals surface area contributed by atoms with Gasteiger partial charge in [0.05, 0.1) is 10.7 Å². The maximum atomic E-state index is 12.1. The van der Waals surface area contributed by atoms with Crippen LogP contribution >= 0.6 is 11.6 Å². The van der Waals surface area contributed by atoms with Crippen LogP contribution in [0.3, 0.4) is 0 Å². The number of rotatable bonds is 4. The van der Waals surface area contributed by atoms with Crippen molar-refractivity contribution in [2.45, 2.75) is 18.3 Å². The number of nitrogens with one attached hydrogen (secondary N) is 2. The topological polar surface area (TPSA) is 74.3 Å². The highest BCUT2D eigenvalue weighted by Gasteiger charge is 2.42. The fraction of sp³-hybridized carbons (Fsp3) is 0.316. The van der Waals surface area contributed by atoms with E-state index in [4.69, 9.17) is 11.6 Å². The number of benzene rings is 1. The number of nitrogens with zero attached hydrogens (tertiary/aromatic N) is 2. The van der Waals surface area contributed by atoms with Crippen molar-refractivity contribution in [2.75, 3.05) is 30.7 Å². The third-order valence-electron chi connectivity index (χ3n) is 5.23. The Morgan fingerprint density at radius 2 is 2.00 bits per heavy atom. The monoisotopic (exact) mass is 404 g/mol. The number of fused-ring (bicyclic) bond motifs is 2. The molecule has 8 heteroatoms. The van der Waals surface area contributed by atoms with Crippen LogP contribution in [0.1, 0.15) is 18.4 Å². The zero-order chi connectivity index (χ0) is 19.2. The zero-order valence-corrected chi connectivity index (χ0v) is 16.7. The lowest BCUT2D eigenvalue weighted by Gasteiger charge is -2.24. The van der Waals surface area contributed by atoms with Crippen LogP contribution in [-0.4, -0.2) is 38.3 Å². The zero-order valence-electron chi connectivity index (χ0n) is 15.2. The van der Waals surface area contributed by atoms with Crippen LogP contribution in [0, 0.1) is 0 Å². The first-order valence-electron chi connectivity index (χ1n) is 8.71. The molecule has 2 aromatic rings. The molecule has 0 fully saturated rings. The van der Waals surface area contributed by atoms with Gasteiger partial charge in [0.1, 0.15) is 5.82 Å². The fourth-order valence-electron chi connectivity index (χ4n) is 3.69. The van der Waals surface area contributed by atoms with Crippen molar-refractivity contribution in [3.05, 3.63) is 53.2 Å². The van der Waals surface area contributed by atoms with Gasteiger partial charge in [0.2, 0.25) is 0 Å². The molecule has 0 bridgehead atoms. The summed E-state index contributed by atoms with van der Waals surface area (Å²) in [7, 11) is -0.608. The van der Waals surface area contributed by atoms with Crippen LogP contribution in [0.4, 0.5) is 11.5 Å². The molecule has 1 spiro atoms. The Morgan fingerprint density at radius 1 is 1.26 bits per heavy atom. The van der Waals surface area contributed by atoms with E-state index in [1.807, 2.05) is 6.07 Å². The molecule has 4 rings (SSSR count). The van der Waals surface area contributed by atoms with E-state index in [9.17, 15) is 8.42 Å². The Balaban J connectivity index is 1.75. The Labute approximate surface area is 164 Å².